The second-order valence-electron chi connectivity index (χ2n) is 30.7. The van der Waals surface area contributed by atoms with Crippen LogP contribution in [-0.4, -0.2) is 186 Å². The Labute approximate surface area is 696 Å². The normalized spacial score (nSPS) is 26.6. The molecule has 0 saturated carbocycles. The Balaban J connectivity index is 0.954. The summed E-state index contributed by atoms with van der Waals surface area (Å²) in [6.07, 6.45) is -18.0. The Kier molecular flexibility index (Phi) is 26.0. The summed E-state index contributed by atoms with van der Waals surface area (Å²) in [5.41, 5.74) is 13.0. The predicted octanol–water partition coefficient (Wildman–Crippen LogP) is 5.24. The van der Waals surface area contributed by atoms with Gasteiger partial charge in [-0.2, -0.15) is 0 Å². The number of aromatic hydroxyl groups is 3. The summed E-state index contributed by atoms with van der Waals surface area (Å²) in [4.78, 5) is 118. The van der Waals surface area contributed by atoms with Gasteiger partial charge in [-0.15, -0.1) is 0 Å². The van der Waals surface area contributed by atoms with E-state index in [4.69, 9.17) is 63.1 Å². The van der Waals surface area contributed by atoms with E-state index in [-0.39, 0.29) is 58.5 Å². The number of carboxylic acid groups (broad SMARTS) is 1. The molecular weight excluding hydrogens is 1600 g/mol. The van der Waals surface area contributed by atoms with Crippen LogP contribution in [0.5, 0.6) is 46.0 Å². The van der Waals surface area contributed by atoms with Crippen LogP contribution in [0.15, 0.2) is 158 Å². The second-order valence-corrected chi connectivity index (χ2v) is 31.5. The number of aliphatic carboxylic acids is 1. The highest BCUT2D eigenvalue weighted by atomic mass is 35.5. The number of fused-ring (bicyclic) bond motifs is 15. The number of nitrogens with two attached hydrogens (primary N) is 2. The number of carboxylic acids is 1. The highest BCUT2D eigenvalue weighted by Crippen LogP contribution is 2.50. The zero-order valence-corrected chi connectivity index (χ0v) is 66.6. The monoisotopic (exact) mass is 1690 g/mol. The molecule has 2 fully saturated rings. The molecule has 35 heteroatoms. The smallest absolute Gasteiger partial charge is 0.330 e. The van der Waals surface area contributed by atoms with Crippen LogP contribution < -0.4 is 68.2 Å². The number of hydrogen-bond acceptors (Lipinski definition) is 25. The van der Waals surface area contributed by atoms with E-state index in [1.807, 2.05) is 80.6 Å². The molecule has 7 amide bonds. The van der Waals surface area contributed by atoms with Gasteiger partial charge in [-0.05, 0) is 138 Å². The number of nitrogens with one attached hydrogen (secondary N) is 8. The van der Waals surface area contributed by atoms with Crippen molar-refractivity contribution in [2.45, 2.75) is 163 Å². The van der Waals surface area contributed by atoms with Gasteiger partial charge >= 0.3 is 5.97 Å². The molecular formula is C85H90Cl2N10O23. The third kappa shape index (κ3) is 18.6. The first-order chi connectivity index (χ1) is 57.2. The first-order valence-electron chi connectivity index (χ1n) is 38.4. The van der Waals surface area contributed by atoms with Crippen molar-refractivity contribution in [3.05, 3.63) is 201 Å². The largest absolute Gasteiger partial charge is 0.508 e. The van der Waals surface area contributed by atoms with Gasteiger partial charge in [0.25, 0.3) is 0 Å². The molecule has 11 bridgehead atoms. The first-order valence-corrected chi connectivity index (χ1v) is 39.2. The van der Waals surface area contributed by atoms with Crippen LogP contribution in [0, 0.1) is 5.92 Å². The van der Waals surface area contributed by atoms with E-state index in [9.17, 15) is 69.9 Å². The highest BCUT2D eigenvalue weighted by molar-refractivity contribution is 6.32. The number of phenolic OH excluding ortho intramolecular Hbond substituents is 3. The molecule has 0 aromatic heterocycles. The molecule has 8 aromatic rings. The molecule has 21 N–H and O–H groups in total. The molecule has 0 radical (unpaired) electrons. The molecule has 0 aliphatic carbocycles. The minimum absolute atomic E-state index is 0.102. The van der Waals surface area contributed by atoms with Gasteiger partial charge in [0.15, 0.2) is 29.9 Å². The maximum absolute atomic E-state index is 16.3. The fourth-order valence-corrected chi connectivity index (χ4v) is 15.7. The third-order valence-electron chi connectivity index (χ3n) is 21.8. The van der Waals surface area contributed by atoms with Crippen molar-refractivity contribution in [3.8, 4) is 79.4 Å². The van der Waals surface area contributed by atoms with Gasteiger partial charge in [0, 0.05) is 47.8 Å². The molecule has 33 nitrogen and oxygen atoms in total. The lowest BCUT2D eigenvalue weighted by molar-refractivity contribution is -0.331. The first kappa shape index (κ1) is 86.3. The molecule has 7 aliphatic rings. The van der Waals surface area contributed by atoms with Crippen LogP contribution in [0.2, 0.25) is 10.0 Å². The van der Waals surface area contributed by atoms with E-state index < -0.39 is 231 Å². The van der Waals surface area contributed by atoms with Crippen LogP contribution in [0.1, 0.15) is 111 Å². The van der Waals surface area contributed by atoms with E-state index in [0.29, 0.717) is 0 Å². The lowest BCUT2D eigenvalue weighted by Crippen LogP contribution is -2.65. The van der Waals surface area contributed by atoms with Crippen LogP contribution in [0.4, 0.5) is 0 Å². The highest BCUT2D eigenvalue weighted by Gasteiger charge is 2.52. The van der Waals surface area contributed by atoms with E-state index in [2.05, 4.69) is 54.7 Å². The van der Waals surface area contributed by atoms with Gasteiger partial charge in [0.2, 0.25) is 53.4 Å². The van der Waals surface area contributed by atoms with Crippen LogP contribution in [0.25, 0.3) is 33.4 Å². The molecule has 15 rings (SSSR count). The molecule has 0 spiro atoms. The molecule has 2 saturated heterocycles. The van der Waals surface area contributed by atoms with Gasteiger partial charge in [-0.25, -0.2) is 4.79 Å². The van der Waals surface area contributed by atoms with Crippen molar-refractivity contribution in [2.75, 3.05) is 13.6 Å². The minimum Gasteiger partial charge on any atom is -0.508 e. The number of rotatable bonds is 18. The van der Waals surface area contributed by atoms with Crippen LogP contribution in [0.3, 0.4) is 0 Å². The van der Waals surface area contributed by atoms with Gasteiger partial charge in [-0.3, -0.25) is 33.6 Å². The summed E-state index contributed by atoms with van der Waals surface area (Å²) in [5, 5.41) is 126. The number of likely N-dealkylation sites (N-methyl/N-ethyl adjacent to an activating group) is 1. The molecule has 7 heterocycles. The molecule has 7 aliphatic heterocycles. The minimum atomic E-state index is -2.35. The van der Waals surface area contributed by atoms with E-state index in [1.54, 1.807) is 13.8 Å². The van der Waals surface area contributed by atoms with Gasteiger partial charge in [0.05, 0.1) is 34.7 Å². The lowest BCUT2D eigenvalue weighted by Gasteiger charge is -2.48. The number of halogens is 2. The summed E-state index contributed by atoms with van der Waals surface area (Å²) < 4.78 is 39.9. The third-order valence-corrected chi connectivity index (χ3v) is 22.4. The number of benzene rings is 8. The number of aliphatic hydroxyl groups excluding tert-OH is 5. The number of ether oxygens (including phenoxy) is 6. The van der Waals surface area contributed by atoms with Gasteiger partial charge in [0.1, 0.15) is 89.5 Å². The fraction of sp³-hybridized carbons (Fsp3) is 0.341. The van der Waals surface area contributed by atoms with E-state index >= 15 is 14.4 Å². The maximum atomic E-state index is 16.3. The Bertz CT molecular complexity index is 5230. The predicted molar refractivity (Wildman–Crippen MR) is 431 cm³/mol. The van der Waals surface area contributed by atoms with Gasteiger partial charge in [-0.1, -0.05) is 134 Å². The Hall–Kier alpha value is -11.5. The lowest BCUT2D eigenvalue weighted by atomic mass is 9.84. The molecule has 8 aromatic carbocycles. The number of carbonyl (C=O) groups is 8. The van der Waals surface area contributed by atoms with Crippen molar-refractivity contribution < 1.29 is 113 Å². The number of carbonyl (C=O) groups excluding carboxylic acids is 7. The zero-order valence-electron chi connectivity index (χ0n) is 65.1. The average Bonchev–Trinajstić information content (AvgIpc) is 0.766. The van der Waals surface area contributed by atoms with E-state index in [0.717, 1.165) is 88.5 Å². The number of primary amides is 1. The second kappa shape index (κ2) is 36.2. The average molecular weight is 1690 g/mol. The van der Waals surface area contributed by atoms with E-state index in [1.165, 1.54) is 25.2 Å². The molecule has 120 heavy (non-hydrogen) atoms. The number of phenols is 3. The Morgan fingerprint density at radius 3 is 1.81 bits per heavy atom. The summed E-state index contributed by atoms with van der Waals surface area (Å²) in [7, 11) is 1.48. The van der Waals surface area contributed by atoms with Crippen molar-refractivity contribution in [1.82, 2.24) is 42.5 Å². The molecule has 632 valence electrons. The van der Waals surface area contributed by atoms with Crippen molar-refractivity contribution >= 4 is 70.5 Å². The quantitative estimate of drug-likeness (QED) is 0.0522. The Morgan fingerprint density at radius 1 is 0.633 bits per heavy atom. The van der Waals surface area contributed by atoms with Crippen molar-refractivity contribution in [1.29, 1.82) is 0 Å². The summed E-state index contributed by atoms with van der Waals surface area (Å²) in [6.45, 7) is 6.74. The zero-order chi connectivity index (χ0) is 86.0. The van der Waals surface area contributed by atoms with Gasteiger partial charge < -0.3 is 128 Å². The van der Waals surface area contributed by atoms with Crippen LogP contribution >= 0.6 is 23.2 Å². The summed E-state index contributed by atoms with van der Waals surface area (Å²) >= 11 is 14.4. The topological polar surface area (TPSA) is 522 Å². The maximum Gasteiger partial charge on any atom is 0.330 e. The summed E-state index contributed by atoms with van der Waals surface area (Å²) in [6, 6.07) is 25.6. The fourth-order valence-electron chi connectivity index (χ4n) is 15.3. The van der Waals surface area contributed by atoms with Crippen LogP contribution in [-0.2, 0) is 59.1 Å². The SMILES string of the molecule is CN[C@H](CC(C)C)C(=O)N[C@H]1C(=O)N[C@@H](CC(N)=O)C(=O)N[C@H]2C(=O)N[C@H]3C(=O)N[C@H](C(=O)N[C@@H](C(=O)O)c4cc(O)cc(O)c4-c4cc3ccc4O)[C@H](O)c3ccc(c(Cl)c3)Oc3cc2cc(c3OC2OC(CN)C(O)C(O)C2OC2CC(C)(NCc3ccc(-c4ccc(-c5ccccc5)cc4)cc3)C(O)C(C)O2)Oc2ccc(cc2Cl)[C@H]1O. The molecule has 18 atom stereocenters. The molecule has 9 unspecified atom stereocenters. The standard InChI is InChI=1S/C85H90Cl2N10O23/c1-37(2)25-53(90-5)77(107)96-68-70(102)45-20-23-57(51(86)27-45)116-59-29-47-30-60(74(59)120-84-75(73(105)72(104)61(35-88)118-84)119-63-34-85(4,76(106)38(3)115-63)91-36-39-11-13-41(14-12-39)43-17-15-42(16-18-43)40-9-7-6-8-10-40)117-58-24-21-46(28-52(58)87)71(103)69-82(112)95-67(83(113)114)50-31-48(98)32-56(100)64(50)49-26-44(19-22-55(49)99)65(79(109)97-69)94-80(110)66(47)93-78(108)54(33-62(89)101)92-81(68)111/h6-24,26-32,37-38,53-54,61,63,65-73,75-76,84,90-91,98-100,102-106H,25,33-36,88H2,1-5H3,(H2,89,101)(H,92,111)(H,93,108)(H,94,110)(H,95,112)(H,96,107)(H,97,109)(H,113,114)/t38?,53-,54+,61?,63?,65-,66-,67-,68-,69+,70-,71-,72?,73?,75?,76?,84?,85?/m1/s1. The number of hydrogen-bond donors (Lipinski definition) is 19. The van der Waals surface area contributed by atoms with Crippen molar-refractivity contribution in [2.24, 2.45) is 17.4 Å². The Morgan fingerprint density at radius 2 is 1.22 bits per heavy atom. The van der Waals surface area contributed by atoms with Crippen molar-refractivity contribution in [3.63, 3.8) is 0 Å². The number of aliphatic hydroxyl groups is 5. The summed E-state index contributed by atoms with van der Waals surface area (Å²) in [5.74, 6) is -15.8. The number of amides is 7.